The van der Waals surface area contributed by atoms with Crippen molar-refractivity contribution in [3.8, 4) is 0 Å². The minimum absolute atomic E-state index is 0.631. The average molecular weight is 130 g/mol. The number of aliphatic hydroxyl groups is 1. The van der Waals surface area contributed by atoms with Crippen molar-refractivity contribution < 1.29 is 14.6 Å². The van der Waals surface area contributed by atoms with E-state index in [0.717, 1.165) is 0 Å². The Hall–Kier alpha value is -0.830. The highest BCUT2D eigenvalue weighted by Gasteiger charge is 2.06. The number of aliphatic hydroxyl groups excluding tert-OH is 1. The summed E-state index contributed by atoms with van der Waals surface area (Å²) in [4.78, 5) is 10.4. The van der Waals surface area contributed by atoms with Crippen LogP contribution in [0.4, 0.5) is 0 Å². The number of rotatable bonds is 2. The summed E-state index contributed by atoms with van der Waals surface area (Å²) in [7, 11) is 0. The molecule has 0 heterocycles. The molecule has 0 aromatic carbocycles. The molecule has 0 saturated carbocycles. The fraction of sp³-hybridized carbons (Fsp3) is 0.500. The molecular formula is C6H10O3. The number of esters is 1. The van der Waals surface area contributed by atoms with Crippen LogP contribution in [0.3, 0.4) is 0 Å². The van der Waals surface area contributed by atoms with Crippen LogP contribution < -0.4 is 0 Å². The largest absolute Gasteiger partial charge is 0.433 e. The van der Waals surface area contributed by atoms with E-state index in [1.165, 1.54) is 13.2 Å². The molecule has 0 spiro atoms. The number of allylic oxidation sites excluding steroid dienone is 1. The molecule has 3 heteroatoms. The van der Waals surface area contributed by atoms with Gasteiger partial charge in [0.25, 0.3) is 0 Å². The molecule has 1 atom stereocenters. The highest BCUT2D eigenvalue weighted by Crippen LogP contribution is 1.86. The average Bonchev–Trinajstić information content (AvgIpc) is 1.82. The van der Waals surface area contributed by atoms with Gasteiger partial charge in [-0.25, -0.2) is 4.79 Å². The lowest BCUT2D eigenvalue weighted by Gasteiger charge is -1.98. The lowest BCUT2D eigenvalue weighted by molar-refractivity contribution is -0.146. The molecule has 3 nitrogen and oxygen atoms in total. The summed E-state index contributed by atoms with van der Waals surface area (Å²) in [6.45, 7) is 3.07. The number of carbonyl (C=O) groups excluding carboxylic acids is 1. The Balaban J connectivity index is 3.51. The van der Waals surface area contributed by atoms with Gasteiger partial charge in [-0.3, -0.25) is 0 Å². The van der Waals surface area contributed by atoms with Crippen molar-refractivity contribution in [3.05, 3.63) is 12.3 Å². The third kappa shape index (κ3) is 3.73. The lowest BCUT2D eigenvalue weighted by atomic mass is 10.4. The van der Waals surface area contributed by atoms with Gasteiger partial charge in [0.2, 0.25) is 0 Å². The lowest BCUT2D eigenvalue weighted by Crippen LogP contribution is -2.16. The van der Waals surface area contributed by atoms with E-state index in [2.05, 4.69) is 4.74 Å². The quantitative estimate of drug-likeness (QED) is 0.436. The molecule has 52 valence electrons. The van der Waals surface area contributed by atoms with Gasteiger partial charge in [0.15, 0.2) is 0 Å². The second-order valence-corrected chi connectivity index (χ2v) is 1.58. The molecule has 0 saturated heterocycles. The van der Waals surface area contributed by atoms with E-state index in [1.54, 1.807) is 13.0 Å². The first kappa shape index (κ1) is 8.17. The van der Waals surface area contributed by atoms with Crippen LogP contribution in [0.15, 0.2) is 12.3 Å². The first-order chi connectivity index (χ1) is 4.18. The zero-order valence-corrected chi connectivity index (χ0v) is 5.50. The van der Waals surface area contributed by atoms with Crippen molar-refractivity contribution >= 4 is 5.97 Å². The van der Waals surface area contributed by atoms with Gasteiger partial charge in [-0.2, -0.15) is 0 Å². The van der Waals surface area contributed by atoms with Crippen LogP contribution in [0, 0.1) is 0 Å². The van der Waals surface area contributed by atoms with Crippen molar-refractivity contribution in [2.75, 3.05) is 0 Å². The molecule has 0 aromatic rings. The molecule has 1 N–H and O–H groups in total. The Morgan fingerprint density at radius 2 is 2.33 bits per heavy atom. The second kappa shape index (κ2) is 4.09. The number of hydrogen-bond donors (Lipinski definition) is 1. The smallest absolute Gasteiger partial charge is 0.339 e. The third-order valence-electron chi connectivity index (χ3n) is 0.661. The number of ether oxygens (including phenoxy) is 1. The minimum atomic E-state index is -1.04. The first-order valence-corrected chi connectivity index (χ1v) is 2.68. The maximum Gasteiger partial charge on any atom is 0.339 e. The van der Waals surface area contributed by atoms with E-state index in [4.69, 9.17) is 5.11 Å². The summed E-state index contributed by atoms with van der Waals surface area (Å²) in [6, 6.07) is 0. The Bertz CT molecular complexity index is 115. The van der Waals surface area contributed by atoms with Crippen LogP contribution in [0.2, 0.25) is 0 Å². The standard InChI is InChI=1S/C6H10O3/c1-3-4-9-6(8)5(2)7/h3-5,7H,1-2H3/b4-3+. The predicted molar refractivity (Wildman–Crippen MR) is 32.6 cm³/mol. The van der Waals surface area contributed by atoms with Crippen LogP contribution in [0.25, 0.3) is 0 Å². The second-order valence-electron chi connectivity index (χ2n) is 1.58. The van der Waals surface area contributed by atoms with Gasteiger partial charge in [-0.05, 0) is 13.8 Å². The van der Waals surface area contributed by atoms with Crippen LogP contribution in [-0.2, 0) is 9.53 Å². The van der Waals surface area contributed by atoms with Crippen molar-refractivity contribution in [2.24, 2.45) is 0 Å². The molecule has 0 amide bonds. The summed E-state index contributed by atoms with van der Waals surface area (Å²) in [5.41, 5.74) is 0. The SMILES string of the molecule is C/C=C/OC(=O)C(C)O. The topological polar surface area (TPSA) is 46.5 Å². The summed E-state index contributed by atoms with van der Waals surface area (Å²) < 4.78 is 4.38. The van der Waals surface area contributed by atoms with Gasteiger partial charge < -0.3 is 9.84 Å². The molecule has 0 aromatic heterocycles. The third-order valence-corrected chi connectivity index (χ3v) is 0.661. The van der Waals surface area contributed by atoms with Gasteiger partial charge in [-0.15, -0.1) is 0 Å². The van der Waals surface area contributed by atoms with E-state index >= 15 is 0 Å². The molecule has 1 unspecified atom stereocenters. The normalized spacial score (nSPS) is 13.7. The summed E-state index contributed by atoms with van der Waals surface area (Å²) in [5.74, 6) is -0.631. The Morgan fingerprint density at radius 1 is 1.78 bits per heavy atom. The van der Waals surface area contributed by atoms with Gasteiger partial charge in [0.05, 0.1) is 6.26 Å². The summed E-state index contributed by atoms with van der Waals surface area (Å²) in [5, 5.41) is 8.54. The zero-order chi connectivity index (χ0) is 7.28. The zero-order valence-electron chi connectivity index (χ0n) is 5.50. The summed E-state index contributed by atoms with van der Waals surface area (Å²) in [6.07, 6.45) is 1.76. The molecule has 0 aliphatic rings. The van der Waals surface area contributed by atoms with E-state index in [0.29, 0.717) is 0 Å². The predicted octanol–water partition coefficient (Wildman–Crippen LogP) is 0.444. The van der Waals surface area contributed by atoms with Crippen molar-refractivity contribution in [3.63, 3.8) is 0 Å². The summed E-state index contributed by atoms with van der Waals surface area (Å²) >= 11 is 0. The maximum atomic E-state index is 10.4. The van der Waals surface area contributed by atoms with Crippen LogP contribution in [0.1, 0.15) is 13.8 Å². The van der Waals surface area contributed by atoms with E-state index in [-0.39, 0.29) is 0 Å². The molecular weight excluding hydrogens is 120 g/mol. The van der Waals surface area contributed by atoms with Crippen molar-refractivity contribution in [2.45, 2.75) is 20.0 Å². The molecule has 0 aliphatic carbocycles. The van der Waals surface area contributed by atoms with Gasteiger partial charge in [0.1, 0.15) is 6.10 Å². The van der Waals surface area contributed by atoms with Crippen LogP contribution in [0.5, 0.6) is 0 Å². The Kier molecular flexibility index (Phi) is 3.71. The van der Waals surface area contributed by atoms with Crippen LogP contribution in [-0.4, -0.2) is 17.2 Å². The molecule has 0 rings (SSSR count). The highest BCUT2D eigenvalue weighted by molar-refractivity contribution is 5.74. The van der Waals surface area contributed by atoms with E-state index in [9.17, 15) is 4.79 Å². The van der Waals surface area contributed by atoms with E-state index < -0.39 is 12.1 Å². The van der Waals surface area contributed by atoms with Crippen molar-refractivity contribution in [1.82, 2.24) is 0 Å². The minimum Gasteiger partial charge on any atom is -0.433 e. The fourth-order valence-corrected chi connectivity index (χ4v) is 0.234. The monoisotopic (exact) mass is 130 g/mol. The van der Waals surface area contributed by atoms with Gasteiger partial charge in [0, 0.05) is 0 Å². The van der Waals surface area contributed by atoms with Crippen molar-refractivity contribution in [1.29, 1.82) is 0 Å². The van der Waals surface area contributed by atoms with Gasteiger partial charge in [-0.1, -0.05) is 6.08 Å². The van der Waals surface area contributed by atoms with Crippen LogP contribution >= 0.6 is 0 Å². The molecule has 9 heavy (non-hydrogen) atoms. The fourth-order valence-electron chi connectivity index (χ4n) is 0.234. The number of hydrogen-bond acceptors (Lipinski definition) is 3. The highest BCUT2D eigenvalue weighted by atomic mass is 16.5. The molecule has 0 bridgehead atoms. The van der Waals surface area contributed by atoms with E-state index in [1.807, 2.05) is 0 Å². The Labute approximate surface area is 53.9 Å². The first-order valence-electron chi connectivity index (χ1n) is 2.68. The molecule has 0 fully saturated rings. The number of carbonyl (C=O) groups is 1. The molecule has 0 radical (unpaired) electrons. The molecule has 0 aliphatic heterocycles. The maximum absolute atomic E-state index is 10.4. The Morgan fingerprint density at radius 3 is 2.67 bits per heavy atom. The van der Waals surface area contributed by atoms with Gasteiger partial charge >= 0.3 is 5.97 Å².